The summed E-state index contributed by atoms with van der Waals surface area (Å²) in [7, 11) is 1.27. The summed E-state index contributed by atoms with van der Waals surface area (Å²) in [4.78, 5) is 14.4. The molecule has 7 nitrogen and oxygen atoms in total. The highest BCUT2D eigenvalue weighted by atomic mass is 35.5. The molecule has 0 saturated carbocycles. The number of esters is 1. The molecule has 8 heteroatoms. The van der Waals surface area contributed by atoms with Crippen LogP contribution in [0, 0.1) is 11.3 Å². The Morgan fingerprint density at radius 2 is 2.08 bits per heavy atom. The van der Waals surface area contributed by atoms with Crippen molar-refractivity contribution in [1.82, 2.24) is 4.57 Å². The summed E-state index contributed by atoms with van der Waals surface area (Å²) in [6.45, 7) is 2.65. The molecular weight excluding hydrogens is 344 g/mol. The van der Waals surface area contributed by atoms with E-state index in [-0.39, 0.29) is 16.9 Å². The van der Waals surface area contributed by atoms with Crippen LogP contribution >= 0.6 is 11.6 Å². The van der Waals surface area contributed by atoms with Crippen LogP contribution in [0.4, 0.5) is 11.4 Å². The van der Waals surface area contributed by atoms with E-state index in [1.165, 1.54) is 13.3 Å². The molecule has 0 amide bonds. The number of nitrogen functional groups attached to an aromatic ring is 1. The van der Waals surface area contributed by atoms with Crippen molar-refractivity contribution < 1.29 is 14.3 Å². The van der Waals surface area contributed by atoms with Gasteiger partial charge in [0.2, 0.25) is 0 Å². The Morgan fingerprint density at radius 3 is 2.72 bits per heavy atom. The zero-order valence-electron chi connectivity index (χ0n) is 13.7. The predicted molar refractivity (Wildman–Crippen MR) is 94.3 cm³/mol. The van der Waals surface area contributed by atoms with Gasteiger partial charge in [0.05, 0.1) is 42.9 Å². The minimum Gasteiger partial charge on any atom is -0.464 e. The van der Waals surface area contributed by atoms with Crippen molar-refractivity contribution in [3.63, 3.8) is 0 Å². The van der Waals surface area contributed by atoms with Crippen LogP contribution in [0.5, 0.6) is 0 Å². The topological polar surface area (TPSA) is 93.5 Å². The first kappa shape index (κ1) is 17.1. The first-order chi connectivity index (χ1) is 12.1. The molecule has 3 rings (SSSR count). The highest BCUT2D eigenvalue weighted by Gasteiger charge is 2.25. The van der Waals surface area contributed by atoms with Crippen LogP contribution in [0.3, 0.4) is 0 Å². The first-order valence-corrected chi connectivity index (χ1v) is 8.06. The number of ether oxygens (including phenoxy) is 2. The zero-order chi connectivity index (χ0) is 18.0. The van der Waals surface area contributed by atoms with E-state index in [0.29, 0.717) is 37.0 Å². The normalized spacial score (nSPS) is 14.2. The molecule has 1 saturated heterocycles. The second-order valence-electron chi connectivity index (χ2n) is 5.51. The Hall–Kier alpha value is -2.69. The molecule has 0 bridgehead atoms. The molecule has 0 spiro atoms. The molecule has 25 heavy (non-hydrogen) atoms. The van der Waals surface area contributed by atoms with Gasteiger partial charge >= 0.3 is 5.97 Å². The largest absolute Gasteiger partial charge is 0.464 e. The molecule has 1 fully saturated rings. The average Bonchev–Trinajstić information content (AvgIpc) is 2.98. The number of methoxy groups -OCH3 is 1. The van der Waals surface area contributed by atoms with Crippen molar-refractivity contribution >= 4 is 28.9 Å². The minimum absolute atomic E-state index is 0.0854. The quantitative estimate of drug-likeness (QED) is 0.843. The third kappa shape index (κ3) is 3.14. The third-order valence-electron chi connectivity index (χ3n) is 4.09. The Labute approximate surface area is 150 Å². The number of benzene rings is 1. The summed E-state index contributed by atoms with van der Waals surface area (Å²) in [6.07, 6.45) is 1.52. The average molecular weight is 361 g/mol. The van der Waals surface area contributed by atoms with Crippen molar-refractivity contribution in [3.05, 3.63) is 40.7 Å². The summed E-state index contributed by atoms with van der Waals surface area (Å²) in [5, 5.41) is 9.79. The molecular formula is C17H17ClN4O3. The first-order valence-electron chi connectivity index (χ1n) is 7.68. The molecule has 2 heterocycles. The number of hydrogen-bond donors (Lipinski definition) is 1. The number of nitrogens with zero attached hydrogens (tertiary/aromatic N) is 3. The lowest BCUT2D eigenvalue weighted by molar-refractivity contribution is 0.0593. The summed E-state index contributed by atoms with van der Waals surface area (Å²) in [5.41, 5.74) is 7.91. The van der Waals surface area contributed by atoms with Crippen molar-refractivity contribution in [2.75, 3.05) is 44.0 Å². The smallest absolute Gasteiger partial charge is 0.357 e. The number of carbonyl (C=O) groups is 1. The highest BCUT2D eigenvalue weighted by Crippen LogP contribution is 2.33. The van der Waals surface area contributed by atoms with Crippen LogP contribution < -0.4 is 10.6 Å². The Morgan fingerprint density at radius 1 is 1.36 bits per heavy atom. The van der Waals surface area contributed by atoms with Gasteiger partial charge in [-0.3, -0.25) is 0 Å². The molecule has 0 aliphatic carbocycles. The summed E-state index contributed by atoms with van der Waals surface area (Å²) < 4.78 is 11.8. The molecule has 1 aliphatic rings. The second kappa shape index (κ2) is 7.05. The molecule has 0 radical (unpaired) electrons. The third-order valence-corrected chi connectivity index (χ3v) is 4.33. The fourth-order valence-corrected chi connectivity index (χ4v) is 3.03. The molecule has 0 unspecified atom stereocenters. The Kier molecular flexibility index (Phi) is 4.83. The number of nitriles is 1. The number of rotatable bonds is 3. The van der Waals surface area contributed by atoms with Gasteiger partial charge < -0.3 is 24.7 Å². The maximum absolute atomic E-state index is 12.2. The number of halogens is 1. The van der Waals surface area contributed by atoms with Crippen molar-refractivity contribution in [2.45, 2.75) is 0 Å². The maximum atomic E-state index is 12.2. The molecule has 1 aromatic heterocycles. The van der Waals surface area contributed by atoms with E-state index in [1.54, 1.807) is 16.7 Å². The van der Waals surface area contributed by atoms with Gasteiger partial charge in [0.15, 0.2) is 5.69 Å². The van der Waals surface area contributed by atoms with Crippen molar-refractivity contribution in [3.8, 4) is 11.8 Å². The van der Waals surface area contributed by atoms with Crippen LogP contribution in [0.1, 0.15) is 16.1 Å². The van der Waals surface area contributed by atoms with Gasteiger partial charge in [-0.2, -0.15) is 5.26 Å². The molecule has 130 valence electrons. The van der Waals surface area contributed by atoms with Gasteiger partial charge in [-0.1, -0.05) is 11.6 Å². The van der Waals surface area contributed by atoms with Crippen LogP contribution in [-0.2, 0) is 9.47 Å². The summed E-state index contributed by atoms with van der Waals surface area (Å²) >= 11 is 6.18. The van der Waals surface area contributed by atoms with E-state index in [0.717, 1.165) is 5.69 Å². The van der Waals surface area contributed by atoms with Crippen LogP contribution in [0.25, 0.3) is 5.69 Å². The lowest BCUT2D eigenvalue weighted by Crippen LogP contribution is -2.36. The number of morpholine rings is 1. The highest BCUT2D eigenvalue weighted by molar-refractivity contribution is 6.30. The molecule has 2 aromatic rings. The number of aromatic nitrogens is 1. The van der Waals surface area contributed by atoms with E-state index in [1.807, 2.05) is 12.1 Å². The summed E-state index contributed by atoms with van der Waals surface area (Å²) in [6, 6.07) is 7.40. The van der Waals surface area contributed by atoms with E-state index in [2.05, 4.69) is 4.90 Å². The van der Waals surface area contributed by atoms with E-state index in [9.17, 15) is 10.1 Å². The van der Waals surface area contributed by atoms with Crippen molar-refractivity contribution in [2.24, 2.45) is 0 Å². The Bertz CT molecular complexity index is 850. The number of nitrogens with two attached hydrogens (primary N) is 1. The molecule has 0 atom stereocenters. The second-order valence-corrected chi connectivity index (χ2v) is 5.95. The maximum Gasteiger partial charge on any atom is 0.357 e. The SMILES string of the molecule is COC(=O)c1c(N)c(C#N)cn1-c1cc(Cl)ccc1N1CCOCC1. The van der Waals surface area contributed by atoms with Gasteiger partial charge in [-0.25, -0.2) is 4.79 Å². The number of hydrogen-bond acceptors (Lipinski definition) is 6. The van der Waals surface area contributed by atoms with Gasteiger partial charge in [0, 0.05) is 24.3 Å². The van der Waals surface area contributed by atoms with Gasteiger partial charge in [0.25, 0.3) is 0 Å². The number of carbonyl (C=O) groups excluding carboxylic acids is 1. The molecule has 2 N–H and O–H groups in total. The van der Waals surface area contributed by atoms with E-state index >= 15 is 0 Å². The van der Waals surface area contributed by atoms with Crippen LogP contribution in [-0.4, -0.2) is 43.9 Å². The van der Waals surface area contributed by atoms with Gasteiger partial charge in [0.1, 0.15) is 6.07 Å². The fourth-order valence-electron chi connectivity index (χ4n) is 2.87. The fraction of sp³-hybridized carbons (Fsp3) is 0.294. The monoisotopic (exact) mass is 360 g/mol. The lowest BCUT2D eigenvalue weighted by Gasteiger charge is -2.31. The minimum atomic E-state index is -0.619. The van der Waals surface area contributed by atoms with E-state index < -0.39 is 5.97 Å². The van der Waals surface area contributed by atoms with Gasteiger partial charge in [-0.15, -0.1) is 0 Å². The standard InChI is InChI=1S/C17H17ClN4O3/c1-24-17(23)16-15(20)11(9-19)10-22(16)14-8-12(18)2-3-13(14)21-4-6-25-7-5-21/h2-3,8,10H,4-7,20H2,1H3. The van der Waals surface area contributed by atoms with Gasteiger partial charge in [-0.05, 0) is 18.2 Å². The zero-order valence-corrected chi connectivity index (χ0v) is 14.4. The lowest BCUT2D eigenvalue weighted by atomic mass is 10.2. The summed E-state index contributed by atoms with van der Waals surface area (Å²) in [5.74, 6) is -0.619. The van der Waals surface area contributed by atoms with Crippen LogP contribution in [0.15, 0.2) is 24.4 Å². The predicted octanol–water partition coefficient (Wildman–Crippen LogP) is 2.21. The van der Waals surface area contributed by atoms with Crippen LogP contribution in [0.2, 0.25) is 5.02 Å². The number of anilines is 2. The Balaban J connectivity index is 2.21. The molecule has 1 aliphatic heterocycles. The van der Waals surface area contributed by atoms with E-state index in [4.69, 9.17) is 26.8 Å². The molecule has 1 aromatic carbocycles. The van der Waals surface area contributed by atoms with Crippen molar-refractivity contribution in [1.29, 1.82) is 5.26 Å².